The first-order valence-electron chi connectivity index (χ1n) is 44.2. The van der Waals surface area contributed by atoms with Gasteiger partial charge in [0.05, 0.1) is 0 Å². The number of carbonyl (C=O) groups excluding carboxylic acids is 9. The zero-order valence-corrected chi connectivity index (χ0v) is 65.4. The second-order valence-corrected chi connectivity index (χ2v) is 31.6. The lowest BCUT2D eigenvalue weighted by Crippen LogP contribution is -2.02. The summed E-state index contributed by atoms with van der Waals surface area (Å²) >= 11 is 0. The van der Waals surface area contributed by atoms with Crippen molar-refractivity contribution in [2.24, 2.45) is 0 Å². The van der Waals surface area contributed by atoms with Gasteiger partial charge in [-0.05, 0) is 116 Å². The Balaban J connectivity index is 0.000000561. The van der Waals surface area contributed by atoms with E-state index >= 15 is 0 Å². The number of ketones is 9. The minimum atomic E-state index is 0.464. The Morgan fingerprint density at radius 3 is 0.172 bits per heavy atom. The molecule has 576 valence electrons. The van der Waals surface area contributed by atoms with Crippen molar-refractivity contribution >= 4 is 52.0 Å². The molecule has 0 amide bonds. The number of hydrogen-bond acceptors (Lipinski definition) is 9. The van der Waals surface area contributed by atoms with Gasteiger partial charge in [0.25, 0.3) is 0 Å². The molecule has 0 atom stereocenters. The quantitative estimate of drug-likeness (QED) is 0.216. The summed E-state index contributed by atoms with van der Waals surface area (Å²) in [6.07, 6.45) is 95.7. The maximum Gasteiger partial charge on any atom is 0.132 e. The first-order chi connectivity index (χ1) is 48.5. The van der Waals surface area contributed by atoms with Crippen molar-refractivity contribution in [1.29, 1.82) is 0 Å². The number of hydrogen-bond donors (Lipinski definition) is 0. The van der Waals surface area contributed by atoms with E-state index in [9.17, 15) is 43.2 Å². The van der Waals surface area contributed by atoms with Gasteiger partial charge in [-0.15, -0.1) is 0 Å². The Labute approximate surface area is 612 Å². The second-order valence-electron chi connectivity index (χ2n) is 31.6. The molecule has 0 heterocycles. The van der Waals surface area contributed by atoms with Crippen molar-refractivity contribution in [3.8, 4) is 0 Å². The third-order valence-corrected chi connectivity index (χ3v) is 21.7. The van der Waals surface area contributed by atoms with Crippen molar-refractivity contribution in [2.45, 2.75) is 520 Å². The van der Waals surface area contributed by atoms with Gasteiger partial charge in [0.2, 0.25) is 0 Å². The van der Waals surface area contributed by atoms with E-state index in [0.717, 1.165) is 231 Å². The molecular weight excluding hydrogens is 1220 g/mol. The van der Waals surface area contributed by atoms with Crippen molar-refractivity contribution < 1.29 is 43.2 Å². The van der Waals surface area contributed by atoms with Gasteiger partial charge >= 0.3 is 0 Å². The van der Waals surface area contributed by atoms with Gasteiger partial charge in [-0.1, -0.05) is 289 Å². The SMILES string of the molecule is O=C1CCCCC1.O=C1CCCCCC1.O=C1CCCCCCC1.O=C1CCCCCCCC1.O=C1CCCCCCCCC1.O=C1CCCCCCCCCC1.O=C1CCCCCCCCCCC1.O=C1CCCCCCCCCCCC1.O=C1CCCCCCCCCCCCC1. The third-order valence-electron chi connectivity index (χ3n) is 21.7. The fraction of sp³-hybridized carbons (Fsp3) is 0.900. The van der Waals surface area contributed by atoms with Gasteiger partial charge in [0.15, 0.2) is 0 Å². The lowest BCUT2D eigenvalue weighted by atomic mass is 10.00. The first-order valence-corrected chi connectivity index (χ1v) is 44.2. The molecule has 0 saturated heterocycles. The van der Waals surface area contributed by atoms with Gasteiger partial charge in [-0.3, -0.25) is 43.2 Å². The molecule has 9 fully saturated rings. The van der Waals surface area contributed by atoms with Crippen LogP contribution in [0.15, 0.2) is 0 Å². The smallest absolute Gasteiger partial charge is 0.132 e. The second kappa shape index (κ2) is 76.2. The van der Waals surface area contributed by atoms with Crippen LogP contribution >= 0.6 is 0 Å². The summed E-state index contributed by atoms with van der Waals surface area (Å²) in [6.45, 7) is 0. The lowest BCUT2D eigenvalue weighted by Gasteiger charge is -2.05. The first kappa shape index (κ1) is 94.0. The van der Waals surface area contributed by atoms with Crippen molar-refractivity contribution in [1.82, 2.24) is 0 Å². The minimum Gasteiger partial charge on any atom is -0.300 e. The molecule has 99 heavy (non-hydrogen) atoms. The fourth-order valence-corrected chi connectivity index (χ4v) is 14.9. The summed E-state index contributed by atoms with van der Waals surface area (Å²) in [6, 6.07) is 0. The maximum atomic E-state index is 11.5. The van der Waals surface area contributed by atoms with Crippen LogP contribution in [0.5, 0.6) is 0 Å². The van der Waals surface area contributed by atoms with E-state index in [2.05, 4.69) is 0 Å². The highest BCUT2D eigenvalue weighted by Crippen LogP contribution is 2.22. The van der Waals surface area contributed by atoms with Crippen molar-refractivity contribution in [3.05, 3.63) is 0 Å². The van der Waals surface area contributed by atoms with Crippen LogP contribution < -0.4 is 0 Å². The average molecular weight is 1390 g/mol. The molecule has 9 aliphatic carbocycles. The molecule has 0 aromatic rings. The largest absolute Gasteiger partial charge is 0.300 e. The van der Waals surface area contributed by atoms with E-state index < -0.39 is 0 Å². The molecule has 9 rings (SSSR count). The van der Waals surface area contributed by atoms with Gasteiger partial charge in [0.1, 0.15) is 52.0 Å². The Bertz CT molecular complexity index is 1810. The number of rotatable bonds is 0. The van der Waals surface area contributed by atoms with Crippen LogP contribution in [0.25, 0.3) is 0 Å². The molecule has 0 aromatic carbocycles. The average Bonchev–Trinajstić information content (AvgIpc) is 4.08. The summed E-state index contributed by atoms with van der Waals surface area (Å²) < 4.78 is 0. The van der Waals surface area contributed by atoms with E-state index in [-0.39, 0.29) is 0 Å². The maximum absolute atomic E-state index is 11.5. The highest BCUT2D eigenvalue weighted by Gasteiger charge is 2.11. The summed E-state index contributed by atoms with van der Waals surface area (Å²) in [4.78, 5) is 99.4. The standard InChI is InChI=1S/C14H26O.C13H24O.C12H22O.C11H20O.C10H18O.C9H16O.C8H14O.C7H12O.C6H10O/c15-14-12-10-8-6-4-2-1-3-5-7-9-11-13-14;14-13-11-9-7-5-3-1-2-4-6-8-10-12-13;13-12-10-8-6-4-2-1-3-5-7-9-11-12;12-11-9-7-5-3-1-2-4-6-8-10-11;11-10-8-6-4-2-1-3-5-7-9-10;10-9-7-5-3-1-2-4-6-8-9;9-8-6-4-2-1-3-5-7-8;8-7-5-3-1-2-4-6-7;7-6-4-2-1-3-5-6/h1-13H2;1-12H2;1-11H2;1-10H2;1-9H2;1-8H2;1-7H2;1-6H2;1-5H2. The molecule has 0 bridgehead atoms. The number of carbonyl (C=O) groups is 9. The fourth-order valence-electron chi connectivity index (χ4n) is 14.9. The molecule has 9 heteroatoms. The van der Waals surface area contributed by atoms with Crippen LogP contribution in [0, 0.1) is 0 Å². The van der Waals surface area contributed by atoms with Crippen LogP contribution in [0.3, 0.4) is 0 Å². The Hall–Kier alpha value is -2.97. The van der Waals surface area contributed by atoms with Crippen LogP contribution in [0.2, 0.25) is 0 Å². The van der Waals surface area contributed by atoms with Gasteiger partial charge in [-0.25, -0.2) is 0 Å². The zero-order chi connectivity index (χ0) is 71.5. The van der Waals surface area contributed by atoms with Gasteiger partial charge in [-0.2, -0.15) is 0 Å². The summed E-state index contributed by atoms with van der Waals surface area (Å²) in [5.41, 5.74) is 0. The van der Waals surface area contributed by atoms with Crippen LogP contribution in [0.1, 0.15) is 520 Å². The third kappa shape index (κ3) is 74.6. The van der Waals surface area contributed by atoms with E-state index in [4.69, 9.17) is 0 Å². The van der Waals surface area contributed by atoms with Crippen LogP contribution in [-0.4, -0.2) is 52.0 Å². The normalized spacial score (nSPS) is 23.1. The topological polar surface area (TPSA) is 154 Å². The minimum absolute atomic E-state index is 0.464. The Morgan fingerprint density at radius 2 is 0.111 bits per heavy atom. The Morgan fingerprint density at radius 1 is 0.0707 bits per heavy atom. The molecule has 0 spiro atoms. The Kier molecular flexibility index (Phi) is 72.4. The molecule has 9 saturated carbocycles. The highest BCUT2D eigenvalue weighted by molar-refractivity contribution is 5.81. The van der Waals surface area contributed by atoms with Crippen molar-refractivity contribution in [3.63, 3.8) is 0 Å². The summed E-state index contributed by atoms with van der Waals surface area (Å²) in [5, 5.41) is 0. The van der Waals surface area contributed by atoms with Crippen LogP contribution in [-0.2, 0) is 43.2 Å². The molecule has 0 N–H and O–H groups in total. The number of Topliss-reactive ketones (excluding diaryl/α,β-unsaturated/α-hetero) is 9. The summed E-state index contributed by atoms with van der Waals surface area (Å²) in [7, 11) is 0. The van der Waals surface area contributed by atoms with Gasteiger partial charge < -0.3 is 0 Å². The van der Waals surface area contributed by atoms with Crippen molar-refractivity contribution in [2.75, 3.05) is 0 Å². The molecule has 9 aliphatic rings. The molecule has 0 aromatic heterocycles. The van der Waals surface area contributed by atoms with E-state index in [1.54, 1.807) is 0 Å². The highest BCUT2D eigenvalue weighted by atomic mass is 16.2. The van der Waals surface area contributed by atoms with E-state index in [0.29, 0.717) is 52.0 Å². The van der Waals surface area contributed by atoms with Crippen LogP contribution in [0.4, 0.5) is 0 Å². The molecule has 0 unspecified atom stereocenters. The van der Waals surface area contributed by atoms with E-state index in [1.165, 1.54) is 289 Å². The lowest BCUT2D eigenvalue weighted by molar-refractivity contribution is -0.120. The predicted molar refractivity (Wildman–Crippen MR) is 419 cm³/mol. The van der Waals surface area contributed by atoms with Gasteiger partial charge in [0, 0.05) is 116 Å². The molecular formula is C90H162O9. The predicted octanol–water partition coefficient (Wildman–Crippen LogP) is 27.7. The molecule has 9 nitrogen and oxygen atoms in total. The molecule has 0 radical (unpaired) electrons. The summed E-state index contributed by atoms with van der Waals surface area (Å²) in [5.74, 6) is 4.41. The van der Waals surface area contributed by atoms with E-state index in [1.807, 2.05) is 0 Å². The monoisotopic (exact) mass is 1390 g/mol. The molecule has 0 aliphatic heterocycles. The zero-order valence-electron chi connectivity index (χ0n) is 65.4.